The predicted octanol–water partition coefficient (Wildman–Crippen LogP) is 0.720. The summed E-state index contributed by atoms with van der Waals surface area (Å²) < 4.78 is 0. The Labute approximate surface area is 71.4 Å². The third-order valence-corrected chi connectivity index (χ3v) is 1.52. The minimum atomic E-state index is -0.0609. The average Bonchev–Trinajstić information content (AvgIpc) is 2.55. The molecule has 0 aromatic carbocycles. The van der Waals surface area contributed by atoms with Crippen LogP contribution in [0.2, 0.25) is 0 Å². The molecule has 0 unspecified atom stereocenters. The number of H-pyrrole nitrogens is 1. The fraction of sp³-hybridized carbons (Fsp3) is 0.222. The standard InChI is InChI=1S/C9H10N2O/c1-3-6-11(2)9(12)8-4-5-10-7-8/h1,4-5,7,10H,6H2,2H3. The van der Waals surface area contributed by atoms with Crippen LogP contribution in [0, 0.1) is 12.3 Å². The number of aromatic nitrogens is 1. The first-order valence-corrected chi connectivity index (χ1v) is 3.57. The molecule has 3 nitrogen and oxygen atoms in total. The Morgan fingerprint density at radius 3 is 3.08 bits per heavy atom. The second-order valence-electron chi connectivity index (χ2n) is 2.47. The van der Waals surface area contributed by atoms with Gasteiger partial charge in [0.25, 0.3) is 5.91 Å². The quantitative estimate of drug-likeness (QED) is 0.639. The predicted molar refractivity (Wildman–Crippen MR) is 46.6 cm³/mol. The van der Waals surface area contributed by atoms with Gasteiger partial charge in [-0.05, 0) is 6.07 Å². The lowest BCUT2D eigenvalue weighted by atomic mass is 10.3. The van der Waals surface area contributed by atoms with Crippen LogP contribution in [0.15, 0.2) is 18.5 Å². The van der Waals surface area contributed by atoms with Crippen LogP contribution in [-0.4, -0.2) is 29.4 Å². The van der Waals surface area contributed by atoms with Crippen molar-refractivity contribution in [1.29, 1.82) is 0 Å². The molecule has 0 atom stereocenters. The molecule has 1 N–H and O–H groups in total. The largest absolute Gasteiger partial charge is 0.367 e. The van der Waals surface area contributed by atoms with Crippen molar-refractivity contribution in [2.24, 2.45) is 0 Å². The fourth-order valence-corrected chi connectivity index (χ4v) is 0.886. The van der Waals surface area contributed by atoms with Gasteiger partial charge in [-0.25, -0.2) is 0 Å². The number of terminal acetylenes is 1. The Morgan fingerprint density at radius 1 is 1.83 bits per heavy atom. The number of rotatable bonds is 2. The number of hydrogen-bond acceptors (Lipinski definition) is 1. The number of nitrogens with zero attached hydrogens (tertiary/aromatic N) is 1. The molecule has 0 aliphatic heterocycles. The second-order valence-corrected chi connectivity index (χ2v) is 2.47. The molecule has 62 valence electrons. The Morgan fingerprint density at radius 2 is 2.58 bits per heavy atom. The minimum absolute atomic E-state index is 0.0609. The van der Waals surface area contributed by atoms with E-state index in [0.29, 0.717) is 12.1 Å². The third-order valence-electron chi connectivity index (χ3n) is 1.52. The van der Waals surface area contributed by atoms with E-state index in [1.807, 2.05) is 0 Å². The van der Waals surface area contributed by atoms with Gasteiger partial charge in [-0.3, -0.25) is 4.79 Å². The molecule has 0 bridgehead atoms. The van der Waals surface area contributed by atoms with Crippen LogP contribution >= 0.6 is 0 Å². The third kappa shape index (κ3) is 1.67. The molecule has 0 aliphatic carbocycles. The summed E-state index contributed by atoms with van der Waals surface area (Å²) in [4.78, 5) is 15.7. The van der Waals surface area contributed by atoms with Crippen molar-refractivity contribution in [3.63, 3.8) is 0 Å². The highest BCUT2D eigenvalue weighted by Gasteiger charge is 2.09. The van der Waals surface area contributed by atoms with Gasteiger partial charge in [0.05, 0.1) is 12.1 Å². The first-order valence-electron chi connectivity index (χ1n) is 3.57. The van der Waals surface area contributed by atoms with Crippen LogP contribution in [0.1, 0.15) is 10.4 Å². The summed E-state index contributed by atoms with van der Waals surface area (Å²) >= 11 is 0. The van der Waals surface area contributed by atoms with E-state index in [4.69, 9.17) is 6.42 Å². The maximum absolute atomic E-state index is 11.4. The van der Waals surface area contributed by atoms with Crippen LogP contribution < -0.4 is 0 Å². The lowest BCUT2D eigenvalue weighted by Crippen LogP contribution is -2.26. The number of amides is 1. The molecule has 1 aromatic rings. The lowest BCUT2D eigenvalue weighted by molar-refractivity contribution is 0.0813. The lowest BCUT2D eigenvalue weighted by Gasteiger charge is -2.11. The Bertz CT molecular complexity index is 295. The van der Waals surface area contributed by atoms with E-state index in [0.717, 1.165) is 0 Å². The number of carbonyl (C=O) groups excluding carboxylic acids is 1. The van der Waals surface area contributed by atoms with Crippen molar-refractivity contribution in [1.82, 2.24) is 9.88 Å². The number of aromatic amines is 1. The molecule has 1 aromatic heterocycles. The van der Waals surface area contributed by atoms with Gasteiger partial charge in [0, 0.05) is 19.4 Å². The average molecular weight is 162 g/mol. The van der Waals surface area contributed by atoms with Crippen LogP contribution in [0.5, 0.6) is 0 Å². The summed E-state index contributed by atoms with van der Waals surface area (Å²) in [5, 5.41) is 0. The van der Waals surface area contributed by atoms with Crippen molar-refractivity contribution >= 4 is 5.91 Å². The van der Waals surface area contributed by atoms with Crippen molar-refractivity contribution < 1.29 is 4.79 Å². The molecular formula is C9H10N2O. The van der Waals surface area contributed by atoms with E-state index in [1.165, 1.54) is 4.90 Å². The maximum atomic E-state index is 11.4. The highest BCUT2D eigenvalue weighted by molar-refractivity contribution is 5.93. The molecule has 3 heteroatoms. The summed E-state index contributed by atoms with van der Waals surface area (Å²) in [5.74, 6) is 2.34. The molecule has 1 amide bonds. The fourth-order valence-electron chi connectivity index (χ4n) is 0.886. The zero-order chi connectivity index (χ0) is 8.97. The normalized spacial score (nSPS) is 9.00. The minimum Gasteiger partial charge on any atom is -0.367 e. The van der Waals surface area contributed by atoms with E-state index < -0.39 is 0 Å². The molecule has 0 saturated carbocycles. The summed E-state index contributed by atoms with van der Waals surface area (Å²) in [5.41, 5.74) is 0.632. The second kappa shape index (κ2) is 3.63. The number of nitrogens with one attached hydrogen (secondary N) is 1. The van der Waals surface area contributed by atoms with E-state index >= 15 is 0 Å². The van der Waals surface area contributed by atoms with Gasteiger partial charge in [0.2, 0.25) is 0 Å². The van der Waals surface area contributed by atoms with Crippen molar-refractivity contribution in [3.8, 4) is 12.3 Å². The zero-order valence-electron chi connectivity index (χ0n) is 6.87. The molecule has 1 rings (SSSR count). The number of carbonyl (C=O) groups is 1. The zero-order valence-corrected chi connectivity index (χ0v) is 6.87. The molecular weight excluding hydrogens is 152 g/mol. The Balaban J connectivity index is 2.67. The molecule has 0 fully saturated rings. The summed E-state index contributed by atoms with van der Waals surface area (Å²) in [7, 11) is 1.68. The SMILES string of the molecule is C#CCN(C)C(=O)c1cc[nH]c1. The van der Waals surface area contributed by atoms with Crippen LogP contribution in [0.4, 0.5) is 0 Å². The Kier molecular flexibility index (Phi) is 2.54. The monoisotopic (exact) mass is 162 g/mol. The highest BCUT2D eigenvalue weighted by Crippen LogP contribution is 2.00. The first-order chi connectivity index (χ1) is 5.75. The molecule has 0 aliphatic rings. The van der Waals surface area contributed by atoms with Gasteiger partial charge in [-0.1, -0.05) is 5.92 Å². The van der Waals surface area contributed by atoms with Crippen molar-refractivity contribution in [3.05, 3.63) is 24.0 Å². The van der Waals surface area contributed by atoms with Gasteiger partial charge in [-0.15, -0.1) is 6.42 Å². The molecule has 0 radical (unpaired) electrons. The summed E-state index contributed by atoms with van der Waals surface area (Å²) in [6.45, 7) is 0.337. The molecule has 1 heterocycles. The van der Waals surface area contributed by atoms with Crippen LogP contribution in [-0.2, 0) is 0 Å². The first kappa shape index (κ1) is 8.41. The van der Waals surface area contributed by atoms with E-state index in [2.05, 4.69) is 10.9 Å². The molecule has 0 saturated heterocycles. The van der Waals surface area contributed by atoms with Gasteiger partial charge >= 0.3 is 0 Å². The van der Waals surface area contributed by atoms with Crippen molar-refractivity contribution in [2.75, 3.05) is 13.6 Å². The summed E-state index contributed by atoms with van der Waals surface area (Å²) in [6.07, 6.45) is 8.42. The van der Waals surface area contributed by atoms with Gasteiger partial charge in [0.1, 0.15) is 0 Å². The van der Waals surface area contributed by atoms with Gasteiger partial charge < -0.3 is 9.88 Å². The van der Waals surface area contributed by atoms with E-state index in [-0.39, 0.29) is 5.91 Å². The molecule has 12 heavy (non-hydrogen) atoms. The Hall–Kier alpha value is -1.69. The number of hydrogen-bond donors (Lipinski definition) is 1. The van der Waals surface area contributed by atoms with E-state index in [1.54, 1.807) is 25.5 Å². The van der Waals surface area contributed by atoms with Crippen molar-refractivity contribution in [2.45, 2.75) is 0 Å². The smallest absolute Gasteiger partial charge is 0.255 e. The maximum Gasteiger partial charge on any atom is 0.255 e. The van der Waals surface area contributed by atoms with Crippen LogP contribution in [0.25, 0.3) is 0 Å². The van der Waals surface area contributed by atoms with Gasteiger partial charge in [0.15, 0.2) is 0 Å². The summed E-state index contributed by atoms with van der Waals surface area (Å²) in [6, 6.07) is 1.72. The van der Waals surface area contributed by atoms with Gasteiger partial charge in [-0.2, -0.15) is 0 Å². The highest BCUT2D eigenvalue weighted by atomic mass is 16.2. The van der Waals surface area contributed by atoms with Crippen LogP contribution in [0.3, 0.4) is 0 Å². The topological polar surface area (TPSA) is 36.1 Å². The molecule has 0 spiro atoms. The van der Waals surface area contributed by atoms with E-state index in [9.17, 15) is 4.79 Å².